The Morgan fingerprint density at radius 3 is 2.65 bits per heavy atom. The topological polar surface area (TPSA) is 90.8 Å². The molecule has 0 amide bonds. The maximum absolute atomic E-state index is 11.6. The third-order valence-corrected chi connectivity index (χ3v) is 6.48. The fraction of sp³-hybridized carbons (Fsp3) is 0.588. The van der Waals surface area contributed by atoms with Crippen LogP contribution in [0.5, 0.6) is 0 Å². The molecule has 0 spiro atoms. The van der Waals surface area contributed by atoms with E-state index in [-0.39, 0.29) is 11.7 Å². The number of rotatable bonds is 5. The Morgan fingerprint density at radius 2 is 2.04 bits per heavy atom. The van der Waals surface area contributed by atoms with Gasteiger partial charge < -0.3 is 15.1 Å². The predicted molar refractivity (Wildman–Crippen MR) is 103 cm³/mol. The van der Waals surface area contributed by atoms with E-state index in [4.69, 9.17) is 4.99 Å². The Balaban J connectivity index is 1.59. The molecule has 26 heavy (non-hydrogen) atoms. The van der Waals surface area contributed by atoms with Gasteiger partial charge in [0.2, 0.25) is 5.95 Å². The van der Waals surface area contributed by atoms with Crippen molar-refractivity contribution in [2.75, 3.05) is 55.7 Å². The standard InChI is InChI=1S/C17H26N6O2S/c1-2-5-18-17(21-13-15-4-12-26(24,25)14-15)23-10-8-22(9-11-23)16-19-6-3-7-20-16/h2-3,6-7,15H,1,4-5,8-14H2,(H,18,21). The summed E-state index contributed by atoms with van der Waals surface area (Å²) in [6.07, 6.45) is 6.01. The van der Waals surface area contributed by atoms with Crippen molar-refractivity contribution in [2.24, 2.45) is 10.9 Å². The van der Waals surface area contributed by atoms with Gasteiger partial charge >= 0.3 is 0 Å². The van der Waals surface area contributed by atoms with Gasteiger partial charge in [-0.15, -0.1) is 6.58 Å². The van der Waals surface area contributed by atoms with Crippen LogP contribution in [-0.2, 0) is 9.84 Å². The molecule has 2 aliphatic rings. The van der Waals surface area contributed by atoms with Gasteiger partial charge in [0.1, 0.15) is 0 Å². The third-order valence-electron chi connectivity index (χ3n) is 4.64. The van der Waals surface area contributed by atoms with Crippen LogP contribution in [0.2, 0.25) is 0 Å². The van der Waals surface area contributed by atoms with Gasteiger partial charge in [0, 0.05) is 51.7 Å². The van der Waals surface area contributed by atoms with E-state index >= 15 is 0 Å². The number of nitrogens with one attached hydrogen (secondary N) is 1. The number of aromatic nitrogens is 2. The van der Waals surface area contributed by atoms with E-state index in [1.807, 2.05) is 6.07 Å². The molecule has 2 aliphatic heterocycles. The number of guanidine groups is 1. The van der Waals surface area contributed by atoms with Gasteiger partial charge in [-0.3, -0.25) is 4.99 Å². The zero-order valence-electron chi connectivity index (χ0n) is 14.9. The molecular formula is C17H26N6O2S. The predicted octanol–water partition coefficient (Wildman–Crippen LogP) is 0.165. The normalized spacial score (nSPS) is 23.1. The summed E-state index contributed by atoms with van der Waals surface area (Å²) in [7, 11) is -2.86. The van der Waals surface area contributed by atoms with Gasteiger partial charge in [0.05, 0.1) is 11.5 Å². The van der Waals surface area contributed by atoms with Crippen molar-refractivity contribution in [3.05, 3.63) is 31.1 Å². The molecule has 0 saturated carbocycles. The summed E-state index contributed by atoms with van der Waals surface area (Å²) in [5.74, 6) is 2.24. The van der Waals surface area contributed by atoms with Crippen LogP contribution in [0.4, 0.5) is 5.95 Å². The molecule has 9 heteroatoms. The van der Waals surface area contributed by atoms with Crippen LogP contribution in [0.25, 0.3) is 0 Å². The van der Waals surface area contributed by atoms with E-state index < -0.39 is 9.84 Å². The van der Waals surface area contributed by atoms with Gasteiger partial charge in [-0.25, -0.2) is 18.4 Å². The lowest BCUT2D eigenvalue weighted by Gasteiger charge is -2.36. The average Bonchev–Trinajstić information content (AvgIpc) is 3.02. The molecule has 142 valence electrons. The largest absolute Gasteiger partial charge is 0.353 e. The summed E-state index contributed by atoms with van der Waals surface area (Å²) in [6.45, 7) is 8.17. The summed E-state index contributed by atoms with van der Waals surface area (Å²) < 4.78 is 23.3. The molecule has 0 aromatic carbocycles. The first kappa shape index (κ1) is 18.6. The first-order valence-corrected chi connectivity index (χ1v) is 10.8. The van der Waals surface area contributed by atoms with E-state index in [0.717, 1.165) is 38.1 Å². The van der Waals surface area contributed by atoms with Crippen LogP contribution in [0.1, 0.15) is 6.42 Å². The molecule has 2 fully saturated rings. The lowest BCUT2D eigenvalue weighted by Crippen LogP contribution is -2.53. The van der Waals surface area contributed by atoms with Crippen molar-refractivity contribution < 1.29 is 8.42 Å². The maximum atomic E-state index is 11.6. The molecule has 3 heterocycles. The molecule has 1 atom stereocenters. The van der Waals surface area contributed by atoms with Crippen molar-refractivity contribution >= 4 is 21.7 Å². The highest BCUT2D eigenvalue weighted by molar-refractivity contribution is 7.91. The van der Waals surface area contributed by atoms with E-state index in [1.165, 1.54) is 0 Å². The average molecular weight is 379 g/mol. The van der Waals surface area contributed by atoms with Crippen molar-refractivity contribution in [1.29, 1.82) is 0 Å². The lowest BCUT2D eigenvalue weighted by atomic mass is 10.1. The highest BCUT2D eigenvalue weighted by Crippen LogP contribution is 2.18. The van der Waals surface area contributed by atoms with Crippen LogP contribution in [-0.4, -0.2) is 80.0 Å². The lowest BCUT2D eigenvalue weighted by molar-refractivity contribution is 0.369. The van der Waals surface area contributed by atoms with Gasteiger partial charge in [-0.05, 0) is 18.4 Å². The van der Waals surface area contributed by atoms with Gasteiger partial charge in [-0.1, -0.05) is 6.08 Å². The second kappa shape index (κ2) is 8.48. The minimum Gasteiger partial charge on any atom is -0.353 e. The summed E-state index contributed by atoms with van der Waals surface area (Å²) in [5, 5.41) is 3.30. The van der Waals surface area contributed by atoms with Crippen molar-refractivity contribution in [1.82, 2.24) is 20.2 Å². The second-order valence-electron chi connectivity index (χ2n) is 6.63. The van der Waals surface area contributed by atoms with Crippen LogP contribution < -0.4 is 10.2 Å². The molecular weight excluding hydrogens is 352 g/mol. The van der Waals surface area contributed by atoms with E-state index in [1.54, 1.807) is 18.5 Å². The minimum absolute atomic E-state index is 0.125. The number of hydrogen-bond acceptors (Lipinski definition) is 6. The molecule has 1 aromatic heterocycles. The summed E-state index contributed by atoms with van der Waals surface area (Å²) >= 11 is 0. The minimum atomic E-state index is -2.86. The summed E-state index contributed by atoms with van der Waals surface area (Å²) in [6, 6.07) is 1.81. The van der Waals surface area contributed by atoms with Gasteiger partial charge in [0.15, 0.2) is 15.8 Å². The number of piperazine rings is 1. The molecule has 3 rings (SSSR count). The monoisotopic (exact) mass is 378 g/mol. The van der Waals surface area contributed by atoms with Crippen molar-refractivity contribution in [3.8, 4) is 0 Å². The van der Waals surface area contributed by atoms with Crippen LogP contribution in [0.15, 0.2) is 36.1 Å². The second-order valence-corrected chi connectivity index (χ2v) is 8.85. The first-order chi connectivity index (χ1) is 12.6. The Kier molecular flexibility index (Phi) is 6.08. The molecule has 0 aliphatic carbocycles. The smallest absolute Gasteiger partial charge is 0.225 e. The fourth-order valence-electron chi connectivity index (χ4n) is 3.24. The van der Waals surface area contributed by atoms with Crippen LogP contribution in [0.3, 0.4) is 0 Å². The summed E-state index contributed by atoms with van der Waals surface area (Å²) in [5.41, 5.74) is 0. The molecule has 2 saturated heterocycles. The summed E-state index contributed by atoms with van der Waals surface area (Å²) in [4.78, 5) is 17.7. The molecule has 1 aromatic rings. The quantitative estimate of drug-likeness (QED) is 0.443. The molecule has 0 radical (unpaired) electrons. The molecule has 0 bridgehead atoms. The highest BCUT2D eigenvalue weighted by Gasteiger charge is 2.28. The van der Waals surface area contributed by atoms with E-state index in [2.05, 4.69) is 31.7 Å². The van der Waals surface area contributed by atoms with Crippen LogP contribution >= 0.6 is 0 Å². The molecule has 1 N–H and O–H groups in total. The maximum Gasteiger partial charge on any atom is 0.225 e. The van der Waals surface area contributed by atoms with E-state index in [9.17, 15) is 8.42 Å². The Hall–Kier alpha value is -2.16. The molecule has 8 nitrogen and oxygen atoms in total. The molecule has 1 unspecified atom stereocenters. The van der Waals surface area contributed by atoms with Crippen LogP contribution in [0, 0.1) is 5.92 Å². The van der Waals surface area contributed by atoms with Crippen molar-refractivity contribution in [2.45, 2.75) is 6.42 Å². The third kappa shape index (κ3) is 4.94. The number of nitrogens with zero attached hydrogens (tertiary/aromatic N) is 5. The Labute approximate surface area is 155 Å². The number of aliphatic imine (C=N–C) groups is 1. The Bertz CT molecular complexity index is 729. The Morgan fingerprint density at radius 1 is 1.31 bits per heavy atom. The van der Waals surface area contributed by atoms with Gasteiger partial charge in [0.25, 0.3) is 0 Å². The van der Waals surface area contributed by atoms with E-state index in [0.29, 0.717) is 25.3 Å². The zero-order chi connectivity index (χ0) is 18.4. The van der Waals surface area contributed by atoms with Gasteiger partial charge in [-0.2, -0.15) is 0 Å². The zero-order valence-corrected chi connectivity index (χ0v) is 15.7. The number of hydrogen-bond donors (Lipinski definition) is 1. The number of sulfone groups is 1. The van der Waals surface area contributed by atoms with Crippen molar-refractivity contribution in [3.63, 3.8) is 0 Å². The highest BCUT2D eigenvalue weighted by atomic mass is 32.2. The number of anilines is 1. The SMILES string of the molecule is C=CCNC(=NCC1CCS(=O)(=O)C1)N1CCN(c2ncccn2)CC1. The first-order valence-electron chi connectivity index (χ1n) is 8.94. The fourth-order valence-corrected chi connectivity index (χ4v) is 5.08.